The van der Waals surface area contributed by atoms with E-state index in [0.29, 0.717) is 27.5 Å². The summed E-state index contributed by atoms with van der Waals surface area (Å²) in [4.78, 5) is 0. The van der Waals surface area contributed by atoms with Crippen LogP contribution in [-0.4, -0.2) is 16.8 Å². The fraction of sp³-hybridized carbons (Fsp3) is 0.125. The number of ether oxygens (including phenoxy) is 1. The highest BCUT2D eigenvalue weighted by Crippen LogP contribution is 2.27. The smallest absolute Gasteiger partial charge is 0.387 e. The monoisotopic (exact) mass is 368 g/mol. The maximum atomic E-state index is 12.1. The Kier molecular flexibility index (Phi) is 5.32. The quantitative estimate of drug-likeness (QED) is 0.554. The molecule has 24 heavy (non-hydrogen) atoms. The van der Waals surface area contributed by atoms with Crippen LogP contribution in [0.3, 0.4) is 0 Å². The topological polar surface area (TPSA) is 48.2 Å². The van der Waals surface area contributed by atoms with Gasteiger partial charge in [0, 0.05) is 16.3 Å². The van der Waals surface area contributed by atoms with Gasteiger partial charge in [-0.1, -0.05) is 35.5 Å². The molecule has 0 saturated heterocycles. The number of nitrogens with zero attached hydrogens (tertiary/aromatic N) is 2. The highest BCUT2D eigenvalue weighted by molar-refractivity contribution is 7.98. The van der Waals surface area contributed by atoms with E-state index in [0.717, 1.165) is 5.56 Å². The predicted octanol–water partition coefficient (Wildman–Crippen LogP) is 5.28. The third-order valence-electron chi connectivity index (χ3n) is 2.98. The van der Waals surface area contributed by atoms with E-state index in [1.807, 2.05) is 24.3 Å². The molecular formula is C16H11ClF2N2O2S. The largest absolute Gasteiger partial charge is 0.435 e. The van der Waals surface area contributed by atoms with Crippen molar-refractivity contribution in [2.45, 2.75) is 17.6 Å². The molecule has 0 aliphatic rings. The van der Waals surface area contributed by atoms with E-state index in [4.69, 9.17) is 16.0 Å². The van der Waals surface area contributed by atoms with Gasteiger partial charge in [0.1, 0.15) is 5.75 Å². The maximum Gasteiger partial charge on any atom is 0.387 e. The number of hydrogen-bond acceptors (Lipinski definition) is 5. The molecule has 0 spiro atoms. The summed E-state index contributed by atoms with van der Waals surface area (Å²) in [5.74, 6) is 1.03. The predicted molar refractivity (Wildman–Crippen MR) is 87.4 cm³/mol. The van der Waals surface area contributed by atoms with Crippen molar-refractivity contribution in [1.29, 1.82) is 0 Å². The number of halogens is 3. The summed E-state index contributed by atoms with van der Waals surface area (Å²) in [6.45, 7) is -2.85. The van der Waals surface area contributed by atoms with Gasteiger partial charge in [-0.05, 0) is 42.0 Å². The molecule has 0 saturated carbocycles. The fourth-order valence-corrected chi connectivity index (χ4v) is 2.85. The molecule has 2 aromatic carbocycles. The van der Waals surface area contributed by atoms with Gasteiger partial charge in [-0.3, -0.25) is 0 Å². The van der Waals surface area contributed by atoms with Crippen molar-refractivity contribution in [1.82, 2.24) is 10.2 Å². The summed E-state index contributed by atoms with van der Waals surface area (Å²) < 4.78 is 34.1. The minimum atomic E-state index is -2.85. The third-order valence-corrected chi connectivity index (χ3v) is 4.11. The Hall–Kier alpha value is -2.12. The normalized spacial score (nSPS) is 11.0. The average molecular weight is 369 g/mol. The van der Waals surface area contributed by atoms with Crippen molar-refractivity contribution in [2.75, 3.05) is 0 Å². The first-order valence-electron chi connectivity index (χ1n) is 6.86. The summed E-state index contributed by atoms with van der Waals surface area (Å²) in [5.41, 5.74) is 1.67. The summed E-state index contributed by atoms with van der Waals surface area (Å²) in [5, 5.41) is 9.00. The molecular weight excluding hydrogens is 358 g/mol. The Balaban J connectivity index is 1.64. The fourth-order valence-electron chi connectivity index (χ4n) is 1.94. The van der Waals surface area contributed by atoms with Crippen LogP contribution in [0.2, 0.25) is 5.02 Å². The van der Waals surface area contributed by atoms with Gasteiger partial charge in [-0.25, -0.2) is 0 Å². The van der Waals surface area contributed by atoms with Crippen molar-refractivity contribution >= 4 is 23.4 Å². The van der Waals surface area contributed by atoms with Crippen LogP contribution < -0.4 is 4.74 Å². The number of aromatic nitrogens is 2. The summed E-state index contributed by atoms with van der Waals surface area (Å²) in [6, 6.07) is 13.5. The van der Waals surface area contributed by atoms with E-state index >= 15 is 0 Å². The van der Waals surface area contributed by atoms with E-state index < -0.39 is 6.61 Å². The zero-order valence-electron chi connectivity index (χ0n) is 12.2. The Morgan fingerprint density at radius 1 is 1.12 bits per heavy atom. The summed E-state index contributed by atoms with van der Waals surface area (Å²) in [7, 11) is 0. The second-order valence-corrected chi connectivity index (χ2v) is 6.06. The first-order valence-corrected chi connectivity index (χ1v) is 8.22. The number of benzene rings is 2. The molecule has 0 unspecified atom stereocenters. The van der Waals surface area contributed by atoms with Gasteiger partial charge in [0.05, 0.1) is 0 Å². The molecule has 8 heteroatoms. The Bertz CT molecular complexity index is 812. The highest BCUT2D eigenvalue weighted by Gasteiger charge is 2.10. The van der Waals surface area contributed by atoms with Crippen molar-refractivity contribution in [3.8, 4) is 17.2 Å². The second kappa shape index (κ2) is 7.63. The van der Waals surface area contributed by atoms with Crippen LogP contribution in [0.15, 0.2) is 58.2 Å². The van der Waals surface area contributed by atoms with Crippen molar-refractivity contribution < 1.29 is 17.9 Å². The zero-order chi connectivity index (χ0) is 16.9. The Morgan fingerprint density at radius 2 is 1.92 bits per heavy atom. The minimum Gasteiger partial charge on any atom is -0.435 e. The summed E-state index contributed by atoms with van der Waals surface area (Å²) >= 11 is 7.32. The number of hydrogen-bond donors (Lipinski definition) is 0. The van der Waals surface area contributed by atoms with E-state index in [-0.39, 0.29) is 5.75 Å². The lowest BCUT2D eigenvalue weighted by atomic mass is 10.2. The SMILES string of the molecule is FC(F)Oc1ccc(-c2nnc(SCc3cccc(Cl)c3)o2)cc1. The van der Waals surface area contributed by atoms with Crippen LogP contribution in [0.5, 0.6) is 5.75 Å². The van der Waals surface area contributed by atoms with E-state index in [9.17, 15) is 8.78 Å². The van der Waals surface area contributed by atoms with Crippen molar-refractivity contribution in [3.63, 3.8) is 0 Å². The lowest BCUT2D eigenvalue weighted by Gasteiger charge is -2.03. The van der Waals surface area contributed by atoms with Gasteiger partial charge in [0.15, 0.2) is 0 Å². The average Bonchev–Trinajstić information content (AvgIpc) is 3.02. The second-order valence-electron chi connectivity index (χ2n) is 4.69. The molecule has 0 aliphatic heterocycles. The summed E-state index contributed by atoms with van der Waals surface area (Å²) in [6.07, 6.45) is 0. The Morgan fingerprint density at radius 3 is 2.62 bits per heavy atom. The van der Waals surface area contributed by atoms with E-state index in [1.54, 1.807) is 12.1 Å². The molecule has 124 valence electrons. The lowest BCUT2D eigenvalue weighted by molar-refractivity contribution is -0.0498. The molecule has 3 rings (SSSR count). The van der Waals surface area contributed by atoms with Crippen LogP contribution in [-0.2, 0) is 5.75 Å². The molecule has 0 aliphatic carbocycles. The van der Waals surface area contributed by atoms with Crippen LogP contribution in [0.4, 0.5) is 8.78 Å². The minimum absolute atomic E-state index is 0.0730. The molecule has 4 nitrogen and oxygen atoms in total. The van der Waals surface area contributed by atoms with Gasteiger partial charge >= 0.3 is 6.61 Å². The molecule has 0 bridgehead atoms. The van der Waals surface area contributed by atoms with Gasteiger partial charge in [-0.15, -0.1) is 10.2 Å². The van der Waals surface area contributed by atoms with Crippen molar-refractivity contribution in [3.05, 3.63) is 59.1 Å². The lowest BCUT2D eigenvalue weighted by Crippen LogP contribution is -2.01. The number of thioether (sulfide) groups is 1. The standard InChI is InChI=1S/C16H11ClF2N2O2S/c17-12-3-1-2-10(8-12)9-24-16-21-20-14(23-16)11-4-6-13(7-5-11)22-15(18)19/h1-8,15H,9H2. The molecule has 0 atom stereocenters. The first-order chi connectivity index (χ1) is 11.6. The van der Waals surface area contributed by atoms with Crippen molar-refractivity contribution in [2.24, 2.45) is 0 Å². The molecule has 1 heterocycles. The van der Waals surface area contributed by atoms with Crippen LogP contribution in [0, 0.1) is 0 Å². The molecule has 0 N–H and O–H groups in total. The third kappa shape index (κ3) is 4.46. The van der Waals surface area contributed by atoms with Crippen LogP contribution in [0.1, 0.15) is 5.56 Å². The van der Waals surface area contributed by atoms with Gasteiger partial charge < -0.3 is 9.15 Å². The zero-order valence-corrected chi connectivity index (χ0v) is 13.7. The van der Waals surface area contributed by atoms with E-state index in [2.05, 4.69) is 14.9 Å². The molecule has 0 radical (unpaired) electrons. The molecule has 1 aromatic heterocycles. The van der Waals surface area contributed by atoms with Crippen LogP contribution in [0.25, 0.3) is 11.5 Å². The Labute approximate surface area is 145 Å². The van der Waals surface area contributed by atoms with E-state index in [1.165, 1.54) is 23.9 Å². The van der Waals surface area contributed by atoms with Gasteiger partial charge in [-0.2, -0.15) is 8.78 Å². The first kappa shape index (κ1) is 16.7. The maximum absolute atomic E-state index is 12.1. The molecule has 3 aromatic rings. The van der Waals surface area contributed by atoms with Gasteiger partial charge in [0.25, 0.3) is 5.22 Å². The van der Waals surface area contributed by atoms with Crippen LogP contribution >= 0.6 is 23.4 Å². The number of alkyl halides is 2. The van der Waals surface area contributed by atoms with Gasteiger partial charge in [0.2, 0.25) is 5.89 Å². The highest BCUT2D eigenvalue weighted by atomic mass is 35.5. The molecule has 0 amide bonds. The number of rotatable bonds is 6. The molecule has 0 fully saturated rings.